The first-order chi connectivity index (χ1) is 6.68. The van der Waals surface area contributed by atoms with Crippen LogP contribution in [0.5, 0.6) is 0 Å². The average Bonchev–Trinajstić information content (AvgIpc) is 1.95. The van der Waals surface area contributed by atoms with Crippen LogP contribution in [0.1, 0.15) is 19.3 Å². The van der Waals surface area contributed by atoms with Gasteiger partial charge in [0.1, 0.15) is 12.1 Å². The van der Waals surface area contributed by atoms with E-state index in [1.54, 1.807) is 0 Å². The molecule has 0 saturated carbocycles. The SMILES string of the molecule is C[N+](C)(C)CC(O)(CCCO)CC(=O)O. The third-order valence-electron chi connectivity index (χ3n) is 2.05. The molecule has 0 fully saturated rings. The van der Waals surface area contributed by atoms with E-state index in [4.69, 9.17) is 10.2 Å². The van der Waals surface area contributed by atoms with E-state index in [1.807, 2.05) is 21.1 Å². The highest BCUT2D eigenvalue weighted by atomic mass is 16.4. The molecule has 0 aliphatic heterocycles. The topological polar surface area (TPSA) is 77.8 Å². The Balaban J connectivity index is 4.46. The Hall–Kier alpha value is -0.650. The van der Waals surface area contributed by atoms with Crippen LogP contribution in [0.15, 0.2) is 0 Å². The van der Waals surface area contributed by atoms with Gasteiger partial charge < -0.3 is 19.8 Å². The van der Waals surface area contributed by atoms with Gasteiger partial charge in [-0.1, -0.05) is 0 Å². The first-order valence-electron chi connectivity index (χ1n) is 5.04. The van der Waals surface area contributed by atoms with Crippen molar-refractivity contribution in [3.63, 3.8) is 0 Å². The monoisotopic (exact) mass is 220 g/mol. The molecule has 0 radical (unpaired) electrons. The predicted molar refractivity (Wildman–Crippen MR) is 56.4 cm³/mol. The second kappa shape index (κ2) is 5.44. The molecule has 0 saturated heterocycles. The van der Waals surface area contributed by atoms with Crippen LogP contribution in [-0.4, -0.2) is 65.7 Å². The summed E-state index contributed by atoms with van der Waals surface area (Å²) in [5.41, 5.74) is -1.23. The fourth-order valence-corrected chi connectivity index (χ4v) is 1.80. The molecule has 90 valence electrons. The Bertz CT molecular complexity index is 212. The summed E-state index contributed by atoms with van der Waals surface area (Å²) in [6, 6.07) is 0. The molecular formula is C10H22NO4+. The van der Waals surface area contributed by atoms with Gasteiger partial charge in [0.25, 0.3) is 0 Å². The molecule has 0 aromatic carbocycles. The number of carboxylic acid groups (broad SMARTS) is 1. The molecule has 5 nitrogen and oxygen atoms in total. The van der Waals surface area contributed by atoms with Crippen molar-refractivity contribution in [1.82, 2.24) is 0 Å². The van der Waals surface area contributed by atoms with Gasteiger partial charge >= 0.3 is 5.97 Å². The molecule has 0 rings (SSSR count). The summed E-state index contributed by atoms with van der Waals surface area (Å²) in [5, 5.41) is 27.6. The van der Waals surface area contributed by atoms with Crippen molar-refractivity contribution >= 4 is 5.97 Å². The number of nitrogens with zero attached hydrogens (tertiary/aromatic N) is 1. The molecule has 0 aliphatic rings. The standard InChI is InChI=1S/C10H21NO4/c1-11(2,3)8-10(15,5-4-6-12)7-9(13)14/h12,15H,4-8H2,1-3H3/p+1. The quantitative estimate of drug-likeness (QED) is 0.513. The number of likely N-dealkylation sites (N-methyl/N-ethyl adjacent to an activating group) is 1. The maximum absolute atomic E-state index is 10.6. The van der Waals surface area contributed by atoms with Crippen LogP contribution in [0.4, 0.5) is 0 Å². The summed E-state index contributed by atoms with van der Waals surface area (Å²) in [5.74, 6) is -1.01. The molecule has 0 bridgehead atoms. The van der Waals surface area contributed by atoms with Gasteiger partial charge in [-0.15, -0.1) is 0 Å². The normalized spacial score (nSPS) is 16.1. The van der Waals surface area contributed by atoms with Gasteiger partial charge in [0.05, 0.1) is 27.6 Å². The Morgan fingerprint density at radius 2 is 1.87 bits per heavy atom. The van der Waals surface area contributed by atoms with Gasteiger partial charge in [0.15, 0.2) is 0 Å². The first-order valence-corrected chi connectivity index (χ1v) is 5.04. The third-order valence-corrected chi connectivity index (χ3v) is 2.05. The minimum atomic E-state index is -1.23. The van der Waals surface area contributed by atoms with Crippen molar-refractivity contribution in [2.75, 3.05) is 34.3 Å². The molecule has 0 amide bonds. The van der Waals surface area contributed by atoms with Gasteiger partial charge in [-0.05, 0) is 12.8 Å². The average molecular weight is 220 g/mol. The number of aliphatic hydroxyl groups is 2. The van der Waals surface area contributed by atoms with E-state index in [0.717, 1.165) is 0 Å². The maximum atomic E-state index is 10.6. The minimum absolute atomic E-state index is 0.0287. The van der Waals surface area contributed by atoms with Crippen molar-refractivity contribution < 1.29 is 24.6 Å². The fraction of sp³-hybridized carbons (Fsp3) is 0.900. The molecule has 5 heteroatoms. The molecule has 1 atom stereocenters. The largest absolute Gasteiger partial charge is 0.481 e. The Morgan fingerprint density at radius 1 is 1.33 bits per heavy atom. The van der Waals surface area contributed by atoms with Gasteiger partial charge in [-0.25, -0.2) is 0 Å². The molecule has 0 heterocycles. The summed E-state index contributed by atoms with van der Waals surface area (Å²) in [7, 11) is 5.68. The molecule has 1 unspecified atom stereocenters. The molecular weight excluding hydrogens is 198 g/mol. The summed E-state index contributed by atoms with van der Waals surface area (Å²) in [6.45, 7) is 0.332. The molecule has 0 spiro atoms. The Kier molecular flexibility index (Phi) is 5.20. The van der Waals surface area contributed by atoms with E-state index in [1.165, 1.54) is 0 Å². The van der Waals surface area contributed by atoms with E-state index in [9.17, 15) is 9.90 Å². The number of aliphatic carboxylic acids is 1. The predicted octanol–water partition coefficient (Wildman–Crippen LogP) is -0.329. The Labute approximate surface area is 90.5 Å². The van der Waals surface area contributed by atoms with Gasteiger partial charge in [-0.3, -0.25) is 4.79 Å². The van der Waals surface area contributed by atoms with Crippen molar-refractivity contribution in [3.8, 4) is 0 Å². The number of aliphatic hydroxyl groups excluding tert-OH is 1. The number of carboxylic acids is 1. The number of hydrogen-bond donors (Lipinski definition) is 3. The zero-order valence-electron chi connectivity index (χ0n) is 9.73. The summed E-state index contributed by atoms with van der Waals surface area (Å²) in [4.78, 5) is 10.6. The summed E-state index contributed by atoms with van der Waals surface area (Å²) in [6.07, 6.45) is 0.456. The second-order valence-corrected chi connectivity index (χ2v) is 5.07. The third kappa shape index (κ3) is 7.30. The van der Waals surface area contributed by atoms with Crippen LogP contribution in [0.2, 0.25) is 0 Å². The van der Waals surface area contributed by atoms with E-state index >= 15 is 0 Å². The highest BCUT2D eigenvalue weighted by Crippen LogP contribution is 2.20. The fourth-order valence-electron chi connectivity index (χ4n) is 1.80. The highest BCUT2D eigenvalue weighted by molar-refractivity contribution is 5.68. The smallest absolute Gasteiger partial charge is 0.306 e. The maximum Gasteiger partial charge on any atom is 0.306 e. The lowest BCUT2D eigenvalue weighted by Gasteiger charge is -2.34. The highest BCUT2D eigenvalue weighted by Gasteiger charge is 2.35. The molecule has 3 N–H and O–H groups in total. The lowest BCUT2D eigenvalue weighted by molar-refractivity contribution is -0.877. The van der Waals surface area contributed by atoms with Crippen LogP contribution >= 0.6 is 0 Å². The number of hydrogen-bond acceptors (Lipinski definition) is 3. The second-order valence-electron chi connectivity index (χ2n) is 5.07. The first kappa shape index (κ1) is 14.3. The van der Waals surface area contributed by atoms with Crippen LogP contribution < -0.4 is 0 Å². The van der Waals surface area contributed by atoms with E-state index in [2.05, 4.69) is 0 Å². The van der Waals surface area contributed by atoms with Crippen molar-refractivity contribution in [2.45, 2.75) is 24.9 Å². The van der Waals surface area contributed by atoms with Crippen LogP contribution in [0, 0.1) is 0 Å². The molecule has 15 heavy (non-hydrogen) atoms. The van der Waals surface area contributed by atoms with E-state index < -0.39 is 11.6 Å². The number of rotatable bonds is 7. The number of carbonyl (C=O) groups is 1. The van der Waals surface area contributed by atoms with E-state index in [0.29, 0.717) is 23.9 Å². The van der Waals surface area contributed by atoms with Crippen molar-refractivity contribution in [3.05, 3.63) is 0 Å². The van der Waals surface area contributed by atoms with E-state index in [-0.39, 0.29) is 13.0 Å². The minimum Gasteiger partial charge on any atom is -0.481 e. The van der Waals surface area contributed by atoms with Crippen LogP contribution in [-0.2, 0) is 4.79 Å². The summed E-state index contributed by atoms with van der Waals surface area (Å²) >= 11 is 0. The van der Waals surface area contributed by atoms with Crippen LogP contribution in [0.3, 0.4) is 0 Å². The Morgan fingerprint density at radius 3 is 2.20 bits per heavy atom. The molecule has 0 aromatic rings. The zero-order chi connectivity index (χ0) is 12.1. The van der Waals surface area contributed by atoms with Crippen molar-refractivity contribution in [2.24, 2.45) is 0 Å². The van der Waals surface area contributed by atoms with Gasteiger partial charge in [0.2, 0.25) is 0 Å². The van der Waals surface area contributed by atoms with Gasteiger partial charge in [-0.2, -0.15) is 0 Å². The lowest BCUT2D eigenvalue weighted by atomic mass is 9.93. The molecule has 0 aromatic heterocycles. The van der Waals surface area contributed by atoms with Crippen molar-refractivity contribution in [1.29, 1.82) is 0 Å². The number of quaternary nitrogens is 1. The lowest BCUT2D eigenvalue weighted by Crippen LogP contribution is -2.50. The van der Waals surface area contributed by atoms with Crippen LogP contribution in [0.25, 0.3) is 0 Å². The van der Waals surface area contributed by atoms with Gasteiger partial charge in [0, 0.05) is 6.61 Å². The zero-order valence-corrected chi connectivity index (χ0v) is 9.73. The molecule has 0 aliphatic carbocycles. The summed E-state index contributed by atoms with van der Waals surface area (Å²) < 4.78 is 0.495.